The van der Waals surface area contributed by atoms with Crippen LogP contribution in [0.3, 0.4) is 0 Å². The Hall–Kier alpha value is -3.54. The first-order valence-electron chi connectivity index (χ1n) is 7.89. The van der Waals surface area contributed by atoms with E-state index in [1.807, 2.05) is 60.9 Å². The van der Waals surface area contributed by atoms with Crippen molar-refractivity contribution in [2.45, 2.75) is 6.67 Å². The minimum Gasteiger partial charge on any atom is -0.384 e. The highest BCUT2D eigenvalue weighted by Gasteiger charge is 2.08. The molecule has 2 aromatic heterocycles. The Morgan fingerprint density at radius 1 is 0.720 bits per heavy atom. The molecule has 6 N–H and O–H groups in total. The molecule has 6 heteroatoms. The zero-order valence-electron chi connectivity index (χ0n) is 13.5. The Morgan fingerprint density at radius 2 is 1.16 bits per heavy atom. The van der Waals surface area contributed by atoms with E-state index in [4.69, 9.17) is 22.3 Å². The highest BCUT2D eigenvalue weighted by molar-refractivity contribution is 5.99. The van der Waals surface area contributed by atoms with E-state index in [1.165, 1.54) is 0 Å². The maximum absolute atomic E-state index is 7.63. The maximum atomic E-state index is 7.63. The number of hydrogen-bond donors (Lipinski definition) is 4. The third-order valence-electron chi connectivity index (χ3n) is 4.47. The molecule has 0 bridgehead atoms. The van der Waals surface area contributed by atoms with Gasteiger partial charge >= 0.3 is 0 Å². The van der Waals surface area contributed by atoms with Gasteiger partial charge in [0.1, 0.15) is 11.7 Å². The van der Waals surface area contributed by atoms with E-state index in [9.17, 15) is 0 Å². The quantitative estimate of drug-likeness (QED) is 0.341. The molecule has 4 aromatic rings. The molecule has 2 aromatic carbocycles. The maximum Gasteiger partial charge on any atom is 0.122 e. The van der Waals surface area contributed by atoms with E-state index in [0.717, 1.165) is 21.8 Å². The average molecular weight is 330 g/mol. The largest absolute Gasteiger partial charge is 0.384 e. The van der Waals surface area contributed by atoms with Crippen LogP contribution in [0.15, 0.2) is 60.9 Å². The smallest absolute Gasteiger partial charge is 0.122 e. The molecule has 25 heavy (non-hydrogen) atoms. The molecule has 0 atom stereocenters. The predicted molar refractivity (Wildman–Crippen MR) is 101 cm³/mol. The molecule has 0 spiro atoms. The van der Waals surface area contributed by atoms with Gasteiger partial charge in [0.2, 0.25) is 0 Å². The van der Waals surface area contributed by atoms with Crippen LogP contribution in [0.5, 0.6) is 0 Å². The SMILES string of the molecule is N=C(N)c1ccc2ccn(Cn3ccc4ccc(C(=N)N)cc43)c2c1. The lowest BCUT2D eigenvalue weighted by Crippen LogP contribution is -2.12. The molecule has 0 saturated carbocycles. The normalized spacial score (nSPS) is 11.2. The van der Waals surface area contributed by atoms with Crippen LogP contribution >= 0.6 is 0 Å². The summed E-state index contributed by atoms with van der Waals surface area (Å²) in [7, 11) is 0. The van der Waals surface area contributed by atoms with Gasteiger partial charge in [-0.15, -0.1) is 0 Å². The molecule has 0 unspecified atom stereocenters. The summed E-state index contributed by atoms with van der Waals surface area (Å²) in [6, 6.07) is 15.6. The number of amidine groups is 2. The van der Waals surface area contributed by atoms with E-state index in [2.05, 4.69) is 9.13 Å². The number of nitrogens with two attached hydrogens (primary N) is 2. The standard InChI is InChI=1S/C19H18N6/c20-18(21)14-3-1-12-5-7-24(16(12)9-14)11-25-8-6-13-2-4-15(19(22)23)10-17(13)25/h1-10H,11H2,(H3,20,21)(H3,22,23). The molecular weight excluding hydrogens is 312 g/mol. The average Bonchev–Trinajstić information content (AvgIpc) is 3.19. The second kappa shape index (κ2) is 5.52. The first kappa shape index (κ1) is 15.0. The van der Waals surface area contributed by atoms with Gasteiger partial charge in [-0.1, -0.05) is 24.3 Å². The summed E-state index contributed by atoms with van der Waals surface area (Å²) in [6.07, 6.45) is 4.05. The fraction of sp³-hybridized carbons (Fsp3) is 0.0526. The third-order valence-corrected chi connectivity index (χ3v) is 4.47. The monoisotopic (exact) mass is 330 g/mol. The number of hydrogen-bond acceptors (Lipinski definition) is 2. The van der Waals surface area contributed by atoms with Crippen molar-refractivity contribution in [3.05, 3.63) is 72.1 Å². The molecule has 0 saturated heterocycles. The Morgan fingerprint density at radius 3 is 1.56 bits per heavy atom. The molecule has 0 fully saturated rings. The van der Waals surface area contributed by atoms with Gasteiger partial charge in [0.25, 0.3) is 0 Å². The Labute approximate surface area is 144 Å². The van der Waals surface area contributed by atoms with Gasteiger partial charge in [-0.3, -0.25) is 10.8 Å². The molecule has 0 aliphatic heterocycles. The topological polar surface area (TPSA) is 110 Å². The van der Waals surface area contributed by atoms with Gasteiger partial charge in [0.05, 0.1) is 17.7 Å². The lowest BCUT2D eigenvalue weighted by atomic mass is 10.1. The van der Waals surface area contributed by atoms with E-state index in [0.29, 0.717) is 17.8 Å². The van der Waals surface area contributed by atoms with Crippen molar-refractivity contribution in [2.24, 2.45) is 11.5 Å². The summed E-state index contributed by atoms with van der Waals surface area (Å²) in [6.45, 7) is 0.621. The Bertz CT molecular complexity index is 1040. The van der Waals surface area contributed by atoms with Crippen molar-refractivity contribution >= 4 is 33.5 Å². The number of nitrogens with zero attached hydrogens (tertiary/aromatic N) is 2. The Balaban J connectivity index is 1.80. The van der Waals surface area contributed by atoms with Gasteiger partial charge in [0.15, 0.2) is 0 Å². The zero-order chi connectivity index (χ0) is 17.6. The minimum absolute atomic E-state index is 0.0622. The molecule has 0 aliphatic rings. The highest BCUT2D eigenvalue weighted by atomic mass is 15.1. The molecule has 4 rings (SSSR count). The molecule has 0 aliphatic carbocycles. The fourth-order valence-electron chi connectivity index (χ4n) is 3.11. The first-order chi connectivity index (χ1) is 12.0. The van der Waals surface area contributed by atoms with Crippen LogP contribution in [0.4, 0.5) is 0 Å². The molecule has 2 heterocycles. The lowest BCUT2D eigenvalue weighted by Gasteiger charge is -2.10. The van der Waals surface area contributed by atoms with Crippen LogP contribution in [0.2, 0.25) is 0 Å². The van der Waals surface area contributed by atoms with E-state index < -0.39 is 0 Å². The summed E-state index contributed by atoms with van der Waals surface area (Å²) in [5, 5.41) is 17.5. The molecule has 0 amide bonds. The van der Waals surface area contributed by atoms with Gasteiger partial charge in [-0.05, 0) is 35.0 Å². The van der Waals surface area contributed by atoms with Crippen molar-refractivity contribution in [1.29, 1.82) is 10.8 Å². The summed E-state index contributed by atoms with van der Waals surface area (Å²) in [5.41, 5.74) is 14.7. The van der Waals surface area contributed by atoms with Crippen LogP contribution in [0.1, 0.15) is 11.1 Å². The van der Waals surface area contributed by atoms with Crippen molar-refractivity contribution in [3.63, 3.8) is 0 Å². The van der Waals surface area contributed by atoms with Crippen molar-refractivity contribution in [1.82, 2.24) is 9.13 Å². The second-order valence-corrected chi connectivity index (χ2v) is 6.09. The van der Waals surface area contributed by atoms with E-state index in [1.54, 1.807) is 0 Å². The lowest BCUT2D eigenvalue weighted by molar-refractivity contribution is 0.647. The highest BCUT2D eigenvalue weighted by Crippen LogP contribution is 2.21. The number of nitrogens with one attached hydrogen (secondary N) is 2. The van der Waals surface area contributed by atoms with Crippen LogP contribution in [-0.4, -0.2) is 20.8 Å². The zero-order valence-corrected chi connectivity index (χ0v) is 13.5. The Kier molecular flexibility index (Phi) is 3.32. The molecule has 6 nitrogen and oxygen atoms in total. The minimum atomic E-state index is 0.0622. The predicted octanol–water partition coefficient (Wildman–Crippen LogP) is 2.67. The number of rotatable bonds is 4. The van der Waals surface area contributed by atoms with Crippen LogP contribution in [-0.2, 0) is 6.67 Å². The summed E-state index contributed by atoms with van der Waals surface area (Å²) >= 11 is 0. The number of fused-ring (bicyclic) bond motifs is 2. The van der Waals surface area contributed by atoms with Gasteiger partial charge in [-0.2, -0.15) is 0 Å². The molecule has 0 radical (unpaired) electrons. The van der Waals surface area contributed by atoms with Crippen LogP contribution in [0.25, 0.3) is 21.8 Å². The number of nitrogen functional groups attached to an aromatic ring is 2. The number of benzene rings is 2. The third kappa shape index (κ3) is 2.53. The summed E-state index contributed by atoms with van der Waals surface area (Å²) in [5.74, 6) is 0.124. The fourth-order valence-corrected chi connectivity index (χ4v) is 3.11. The van der Waals surface area contributed by atoms with Gasteiger partial charge in [0, 0.05) is 23.5 Å². The van der Waals surface area contributed by atoms with Crippen molar-refractivity contribution in [3.8, 4) is 0 Å². The number of aromatic nitrogens is 2. The molecular formula is C19H18N6. The second-order valence-electron chi connectivity index (χ2n) is 6.09. The summed E-state index contributed by atoms with van der Waals surface area (Å²) < 4.78 is 4.23. The van der Waals surface area contributed by atoms with Crippen LogP contribution in [0, 0.1) is 10.8 Å². The van der Waals surface area contributed by atoms with Crippen molar-refractivity contribution < 1.29 is 0 Å². The van der Waals surface area contributed by atoms with Crippen molar-refractivity contribution in [2.75, 3.05) is 0 Å². The van der Waals surface area contributed by atoms with Gasteiger partial charge in [-0.25, -0.2) is 0 Å². The van der Waals surface area contributed by atoms with E-state index in [-0.39, 0.29) is 11.7 Å². The van der Waals surface area contributed by atoms with E-state index >= 15 is 0 Å². The summed E-state index contributed by atoms with van der Waals surface area (Å²) in [4.78, 5) is 0. The first-order valence-corrected chi connectivity index (χ1v) is 7.89. The van der Waals surface area contributed by atoms with Gasteiger partial charge < -0.3 is 20.6 Å². The molecule has 124 valence electrons. The van der Waals surface area contributed by atoms with Crippen LogP contribution < -0.4 is 11.5 Å².